The fourth-order valence-corrected chi connectivity index (χ4v) is 2.61. The van der Waals surface area contributed by atoms with Crippen LogP contribution in [0.25, 0.3) is 0 Å². The van der Waals surface area contributed by atoms with E-state index >= 15 is 0 Å². The number of hydrogen-bond acceptors (Lipinski definition) is 4. The highest BCUT2D eigenvalue weighted by Crippen LogP contribution is 2.20. The van der Waals surface area contributed by atoms with Crippen molar-refractivity contribution in [3.63, 3.8) is 0 Å². The summed E-state index contributed by atoms with van der Waals surface area (Å²) in [6.07, 6.45) is 1.90. The van der Waals surface area contributed by atoms with Crippen LogP contribution in [0, 0.1) is 0 Å². The molecule has 138 valence electrons. The Balaban J connectivity index is 1.54. The van der Waals surface area contributed by atoms with Crippen LogP contribution >= 0.6 is 11.6 Å². The maximum absolute atomic E-state index is 12.1. The van der Waals surface area contributed by atoms with Gasteiger partial charge >= 0.3 is 0 Å². The monoisotopic (exact) mass is 381 g/mol. The number of rotatable bonds is 7. The Hall–Kier alpha value is -3.05. The smallest absolute Gasteiger partial charge is 0.228 e. The molecule has 3 aromatic rings. The van der Waals surface area contributed by atoms with E-state index in [1.807, 2.05) is 55.5 Å². The predicted octanol–water partition coefficient (Wildman–Crippen LogP) is 5.06. The maximum atomic E-state index is 12.1. The average molecular weight is 382 g/mol. The zero-order chi connectivity index (χ0) is 19.1. The molecule has 5 nitrogen and oxygen atoms in total. The number of ether oxygens (including phenoxy) is 1. The number of hydrogen-bond donors (Lipinski definition) is 2. The minimum atomic E-state index is -0.105. The van der Waals surface area contributed by atoms with Gasteiger partial charge in [-0.2, -0.15) is 0 Å². The summed E-state index contributed by atoms with van der Waals surface area (Å²) in [5.41, 5.74) is 2.45. The number of anilines is 3. The summed E-state index contributed by atoms with van der Waals surface area (Å²) in [7, 11) is 0. The topological polar surface area (TPSA) is 63.2 Å². The van der Waals surface area contributed by atoms with Crippen molar-refractivity contribution in [2.75, 3.05) is 17.2 Å². The number of benzene rings is 2. The number of halogens is 1. The standard InChI is InChI=1S/C21H20ClN3O2/c1-2-27-19-10-7-17(8-11-19)24-20-12-9-18(14-23-20)25-21(26)13-15-3-5-16(22)6-4-15/h3-12,14H,2,13H2,1H3,(H,23,24)(H,25,26). The summed E-state index contributed by atoms with van der Waals surface area (Å²) in [6, 6.07) is 18.5. The Bertz CT molecular complexity index is 879. The second-order valence-corrected chi connectivity index (χ2v) is 6.30. The van der Waals surface area contributed by atoms with Crippen LogP contribution in [-0.2, 0) is 11.2 Å². The van der Waals surface area contributed by atoms with E-state index in [0.717, 1.165) is 17.0 Å². The van der Waals surface area contributed by atoms with Crippen LogP contribution in [0.3, 0.4) is 0 Å². The van der Waals surface area contributed by atoms with Gasteiger partial charge in [-0.15, -0.1) is 0 Å². The van der Waals surface area contributed by atoms with E-state index in [-0.39, 0.29) is 12.3 Å². The fourth-order valence-electron chi connectivity index (χ4n) is 2.48. The van der Waals surface area contributed by atoms with Crippen LogP contribution < -0.4 is 15.4 Å². The minimum absolute atomic E-state index is 0.105. The van der Waals surface area contributed by atoms with Crippen molar-refractivity contribution >= 4 is 34.7 Å². The number of carbonyl (C=O) groups excluding carboxylic acids is 1. The summed E-state index contributed by atoms with van der Waals surface area (Å²) in [5, 5.41) is 6.70. The van der Waals surface area contributed by atoms with E-state index in [2.05, 4.69) is 15.6 Å². The first-order valence-corrected chi connectivity index (χ1v) is 9.00. The molecule has 0 unspecified atom stereocenters. The molecule has 0 spiro atoms. The number of aromatic nitrogens is 1. The molecule has 3 rings (SSSR count). The van der Waals surface area contributed by atoms with E-state index in [1.165, 1.54) is 0 Å². The molecule has 0 fully saturated rings. The van der Waals surface area contributed by atoms with Gasteiger partial charge in [-0.25, -0.2) is 4.98 Å². The Labute approximate surface area is 163 Å². The second kappa shape index (κ2) is 9.05. The van der Waals surface area contributed by atoms with Gasteiger partial charge in [-0.1, -0.05) is 23.7 Å². The molecule has 27 heavy (non-hydrogen) atoms. The van der Waals surface area contributed by atoms with Crippen LogP contribution in [0.15, 0.2) is 66.9 Å². The largest absolute Gasteiger partial charge is 0.494 e. The molecule has 1 heterocycles. The molecule has 2 N–H and O–H groups in total. The van der Waals surface area contributed by atoms with Gasteiger partial charge < -0.3 is 15.4 Å². The van der Waals surface area contributed by atoms with Crippen LogP contribution in [0.2, 0.25) is 5.02 Å². The van der Waals surface area contributed by atoms with E-state index in [1.54, 1.807) is 18.3 Å². The Kier molecular flexibility index (Phi) is 6.28. The quantitative estimate of drug-likeness (QED) is 0.600. The van der Waals surface area contributed by atoms with Crippen LogP contribution in [0.4, 0.5) is 17.2 Å². The van der Waals surface area contributed by atoms with Crippen molar-refractivity contribution in [1.29, 1.82) is 0 Å². The van der Waals surface area contributed by atoms with Gasteiger partial charge in [0.25, 0.3) is 0 Å². The SMILES string of the molecule is CCOc1ccc(Nc2ccc(NC(=O)Cc3ccc(Cl)cc3)cn2)cc1. The van der Waals surface area contributed by atoms with Gasteiger partial charge in [-0.05, 0) is 61.0 Å². The van der Waals surface area contributed by atoms with Crippen molar-refractivity contribution in [1.82, 2.24) is 4.98 Å². The highest BCUT2D eigenvalue weighted by atomic mass is 35.5. The van der Waals surface area contributed by atoms with Crippen LogP contribution in [0.5, 0.6) is 5.75 Å². The highest BCUT2D eigenvalue weighted by molar-refractivity contribution is 6.30. The lowest BCUT2D eigenvalue weighted by Crippen LogP contribution is -2.14. The lowest BCUT2D eigenvalue weighted by Gasteiger charge is -2.09. The van der Waals surface area contributed by atoms with Gasteiger partial charge in [0.1, 0.15) is 11.6 Å². The molecule has 0 aliphatic rings. The van der Waals surface area contributed by atoms with Crippen molar-refractivity contribution in [3.8, 4) is 5.75 Å². The second-order valence-electron chi connectivity index (χ2n) is 5.87. The third-order valence-corrected chi connectivity index (χ3v) is 4.01. The lowest BCUT2D eigenvalue weighted by atomic mass is 10.1. The molecule has 0 atom stereocenters. The van der Waals surface area contributed by atoms with E-state index in [9.17, 15) is 4.79 Å². The molecule has 2 aromatic carbocycles. The number of nitrogens with one attached hydrogen (secondary N) is 2. The molecule has 0 saturated carbocycles. The van der Waals surface area contributed by atoms with E-state index in [4.69, 9.17) is 16.3 Å². The van der Waals surface area contributed by atoms with Gasteiger partial charge in [0.2, 0.25) is 5.91 Å². The zero-order valence-electron chi connectivity index (χ0n) is 14.9. The summed E-state index contributed by atoms with van der Waals surface area (Å²) >= 11 is 5.85. The van der Waals surface area contributed by atoms with Crippen LogP contribution in [0.1, 0.15) is 12.5 Å². The number of carbonyl (C=O) groups is 1. The van der Waals surface area contributed by atoms with Gasteiger partial charge in [-0.3, -0.25) is 4.79 Å². The predicted molar refractivity (Wildman–Crippen MR) is 109 cm³/mol. The molecular weight excluding hydrogens is 362 g/mol. The first-order valence-electron chi connectivity index (χ1n) is 8.62. The molecule has 0 aliphatic carbocycles. The first-order chi connectivity index (χ1) is 13.1. The van der Waals surface area contributed by atoms with Crippen molar-refractivity contribution in [2.24, 2.45) is 0 Å². The molecular formula is C21H20ClN3O2. The maximum Gasteiger partial charge on any atom is 0.228 e. The first kappa shape index (κ1) is 18.7. The Morgan fingerprint density at radius 1 is 1.00 bits per heavy atom. The van der Waals surface area contributed by atoms with Crippen LogP contribution in [-0.4, -0.2) is 17.5 Å². The number of amides is 1. The normalized spacial score (nSPS) is 10.3. The Morgan fingerprint density at radius 3 is 2.33 bits per heavy atom. The van der Waals surface area contributed by atoms with Gasteiger partial charge in [0.05, 0.1) is 24.9 Å². The third-order valence-electron chi connectivity index (χ3n) is 3.76. The van der Waals surface area contributed by atoms with Crippen molar-refractivity contribution < 1.29 is 9.53 Å². The summed E-state index contributed by atoms with van der Waals surface area (Å²) in [5.74, 6) is 1.41. The van der Waals surface area contributed by atoms with E-state index in [0.29, 0.717) is 23.1 Å². The number of pyridine rings is 1. The molecule has 1 aromatic heterocycles. The van der Waals surface area contributed by atoms with E-state index < -0.39 is 0 Å². The summed E-state index contributed by atoms with van der Waals surface area (Å²) in [4.78, 5) is 16.5. The summed E-state index contributed by atoms with van der Waals surface area (Å²) < 4.78 is 5.42. The molecule has 6 heteroatoms. The average Bonchev–Trinajstić information content (AvgIpc) is 2.67. The van der Waals surface area contributed by atoms with Crippen molar-refractivity contribution in [2.45, 2.75) is 13.3 Å². The molecule has 0 bridgehead atoms. The molecule has 0 saturated heterocycles. The third kappa shape index (κ3) is 5.72. The van der Waals surface area contributed by atoms with Gasteiger partial charge in [0, 0.05) is 10.7 Å². The zero-order valence-corrected chi connectivity index (χ0v) is 15.7. The molecule has 0 aliphatic heterocycles. The fraction of sp³-hybridized carbons (Fsp3) is 0.143. The molecule has 0 radical (unpaired) electrons. The Morgan fingerprint density at radius 2 is 1.70 bits per heavy atom. The minimum Gasteiger partial charge on any atom is -0.494 e. The van der Waals surface area contributed by atoms with Crippen molar-refractivity contribution in [3.05, 3.63) is 77.4 Å². The lowest BCUT2D eigenvalue weighted by molar-refractivity contribution is -0.115. The molecule has 1 amide bonds. The van der Waals surface area contributed by atoms with Gasteiger partial charge in [0.15, 0.2) is 0 Å². The number of nitrogens with zero attached hydrogens (tertiary/aromatic N) is 1. The highest BCUT2D eigenvalue weighted by Gasteiger charge is 2.05. The summed E-state index contributed by atoms with van der Waals surface area (Å²) in [6.45, 7) is 2.59.